The van der Waals surface area contributed by atoms with Crippen molar-refractivity contribution in [3.8, 4) is 11.5 Å². The zero-order chi connectivity index (χ0) is 20.6. The fraction of sp³-hybridized carbons (Fsp3) is 0.105. The normalized spacial score (nSPS) is 10.7. The van der Waals surface area contributed by atoms with Crippen LogP contribution in [0.2, 0.25) is 0 Å². The third kappa shape index (κ3) is 5.84. The van der Waals surface area contributed by atoms with Crippen molar-refractivity contribution in [1.82, 2.24) is 15.6 Å². The van der Waals surface area contributed by atoms with E-state index < -0.39 is 0 Å². The number of hydrazone groups is 1. The Labute approximate surface area is 170 Å². The van der Waals surface area contributed by atoms with E-state index in [1.54, 1.807) is 43.5 Å². The number of methoxy groups -OCH3 is 1. The molecule has 2 aromatic carbocycles. The van der Waals surface area contributed by atoms with E-state index in [4.69, 9.17) is 4.74 Å². The molecule has 3 rings (SSSR count). The molecule has 3 aromatic rings. The van der Waals surface area contributed by atoms with E-state index in [9.17, 15) is 14.7 Å². The molecule has 0 saturated carbocycles. The molecule has 0 fully saturated rings. The Kier molecular flexibility index (Phi) is 6.48. The van der Waals surface area contributed by atoms with Crippen molar-refractivity contribution in [3.05, 3.63) is 64.7 Å². The summed E-state index contributed by atoms with van der Waals surface area (Å²) in [5.41, 5.74) is 3.46. The summed E-state index contributed by atoms with van der Waals surface area (Å²) in [4.78, 5) is 24.2. The van der Waals surface area contributed by atoms with Gasteiger partial charge in [-0.15, -0.1) is 10.2 Å². The highest BCUT2D eigenvalue weighted by atomic mass is 32.1. The van der Waals surface area contributed by atoms with Gasteiger partial charge in [0, 0.05) is 5.56 Å². The number of carbonyl (C=O) groups excluding carboxylic acids is 2. The lowest BCUT2D eigenvalue weighted by Gasteiger charge is -2.02. The number of phenols is 1. The molecule has 0 saturated heterocycles. The summed E-state index contributed by atoms with van der Waals surface area (Å²) >= 11 is 1.10. The van der Waals surface area contributed by atoms with E-state index in [1.807, 2.05) is 0 Å². The van der Waals surface area contributed by atoms with Crippen molar-refractivity contribution in [2.45, 2.75) is 6.42 Å². The predicted octanol–water partition coefficient (Wildman–Crippen LogP) is 2.20. The number of aromatic nitrogens is 2. The predicted molar refractivity (Wildman–Crippen MR) is 108 cm³/mol. The molecule has 0 aliphatic heterocycles. The highest BCUT2D eigenvalue weighted by Crippen LogP contribution is 2.18. The van der Waals surface area contributed by atoms with Gasteiger partial charge < -0.3 is 9.84 Å². The first-order valence-corrected chi connectivity index (χ1v) is 9.24. The van der Waals surface area contributed by atoms with Gasteiger partial charge in [0.1, 0.15) is 16.5 Å². The molecular weight excluding hydrogens is 394 g/mol. The summed E-state index contributed by atoms with van der Waals surface area (Å²) in [5, 5.41) is 24.3. The van der Waals surface area contributed by atoms with Gasteiger partial charge in [-0.1, -0.05) is 23.5 Å². The molecule has 0 atom stereocenters. The highest BCUT2D eigenvalue weighted by Gasteiger charge is 2.12. The van der Waals surface area contributed by atoms with Crippen LogP contribution in [0.4, 0.5) is 5.13 Å². The largest absolute Gasteiger partial charge is 0.508 e. The Balaban J connectivity index is 1.51. The Morgan fingerprint density at radius 3 is 2.72 bits per heavy atom. The minimum Gasteiger partial charge on any atom is -0.508 e. The quantitative estimate of drug-likeness (QED) is 0.404. The van der Waals surface area contributed by atoms with Crippen molar-refractivity contribution in [2.75, 3.05) is 12.4 Å². The average Bonchev–Trinajstić information content (AvgIpc) is 3.14. The van der Waals surface area contributed by atoms with Crippen LogP contribution in [-0.2, 0) is 11.2 Å². The van der Waals surface area contributed by atoms with Crippen molar-refractivity contribution in [3.63, 3.8) is 0 Å². The Morgan fingerprint density at radius 2 is 2.00 bits per heavy atom. The van der Waals surface area contributed by atoms with Crippen molar-refractivity contribution in [2.24, 2.45) is 5.10 Å². The molecular formula is C19H17N5O4S. The number of ether oxygens (including phenoxy) is 1. The number of nitrogens with zero attached hydrogens (tertiary/aromatic N) is 3. The summed E-state index contributed by atoms with van der Waals surface area (Å²) in [6, 6.07) is 13.1. The molecule has 10 heteroatoms. The van der Waals surface area contributed by atoms with Gasteiger partial charge in [-0.3, -0.25) is 14.9 Å². The van der Waals surface area contributed by atoms with Crippen LogP contribution in [0.25, 0.3) is 0 Å². The van der Waals surface area contributed by atoms with Crippen LogP contribution in [0, 0.1) is 0 Å². The summed E-state index contributed by atoms with van der Waals surface area (Å²) in [7, 11) is 1.55. The first-order chi connectivity index (χ1) is 14.0. The minimum absolute atomic E-state index is 0.0343. The SMILES string of the molecule is COc1ccc(C(=O)Nc2nnc(CC(=O)N/N=C\c3cccc(O)c3)s2)cc1. The number of phenolic OH excluding ortho intramolecular Hbond substituents is 1. The summed E-state index contributed by atoms with van der Waals surface area (Å²) in [6.45, 7) is 0. The Hall–Kier alpha value is -3.79. The van der Waals surface area contributed by atoms with E-state index in [2.05, 4.69) is 26.0 Å². The number of nitrogens with one attached hydrogen (secondary N) is 2. The van der Waals surface area contributed by atoms with Crippen molar-refractivity contribution in [1.29, 1.82) is 0 Å². The second-order valence-corrected chi connectivity index (χ2v) is 6.81. The van der Waals surface area contributed by atoms with Gasteiger partial charge in [0.05, 0.1) is 19.7 Å². The topological polar surface area (TPSA) is 126 Å². The molecule has 0 radical (unpaired) electrons. The van der Waals surface area contributed by atoms with Gasteiger partial charge in [-0.25, -0.2) is 5.43 Å². The van der Waals surface area contributed by atoms with Gasteiger partial charge in [-0.05, 0) is 42.0 Å². The van der Waals surface area contributed by atoms with E-state index in [-0.39, 0.29) is 29.1 Å². The van der Waals surface area contributed by atoms with Crippen LogP contribution >= 0.6 is 11.3 Å². The lowest BCUT2D eigenvalue weighted by atomic mass is 10.2. The highest BCUT2D eigenvalue weighted by molar-refractivity contribution is 7.15. The molecule has 1 heterocycles. The van der Waals surface area contributed by atoms with E-state index in [1.165, 1.54) is 18.3 Å². The lowest BCUT2D eigenvalue weighted by Crippen LogP contribution is -2.19. The van der Waals surface area contributed by atoms with E-state index in [0.29, 0.717) is 21.9 Å². The van der Waals surface area contributed by atoms with Gasteiger partial charge >= 0.3 is 0 Å². The zero-order valence-electron chi connectivity index (χ0n) is 15.3. The summed E-state index contributed by atoms with van der Waals surface area (Å²) in [6.07, 6.45) is 1.38. The second kappa shape index (κ2) is 9.42. The fourth-order valence-corrected chi connectivity index (χ4v) is 2.98. The maximum Gasteiger partial charge on any atom is 0.257 e. The number of rotatable bonds is 7. The molecule has 0 aliphatic rings. The number of aromatic hydroxyl groups is 1. The molecule has 2 amide bonds. The number of benzene rings is 2. The van der Waals surface area contributed by atoms with Crippen LogP contribution in [0.15, 0.2) is 53.6 Å². The molecule has 0 aliphatic carbocycles. The van der Waals surface area contributed by atoms with Crippen LogP contribution in [0.1, 0.15) is 20.9 Å². The minimum atomic E-state index is -0.384. The fourth-order valence-electron chi connectivity index (χ4n) is 2.25. The number of carbonyl (C=O) groups is 2. The van der Waals surface area contributed by atoms with Crippen LogP contribution in [0.3, 0.4) is 0 Å². The van der Waals surface area contributed by atoms with Gasteiger partial charge in [0.15, 0.2) is 0 Å². The molecule has 0 bridgehead atoms. The number of hydrogen-bond acceptors (Lipinski definition) is 8. The number of anilines is 1. The Bertz CT molecular complexity index is 1030. The average molecular weight is 411 g/mol. The maximum atomic E-state index is 12.2. The van der Waals surface area contributed by atoms with Crippen molar-refractivity contribution >= 4 is 34.5 Å². The molecule has 3 N–H and O–H groups in total. The van der Waals surface area contributed by atoms with Gasteiger partial charge in [0.25, 0.3) is 5.91 Å². The first-order valence-electron chi connectivity index (χ1n) is 8.42. The second-order valence-electron chi connectivity index (χ2n) is 5.75. The lowest BCUT2D eigenvalue weighted by molar-refractivity contribution is -0.120. The van der Waals surface area contributed by atoms with Crippen LogP contribution in [0.5, 0.6) is 11.5 Å². The van der Waals surface area contributed by atoms with Crippen LogP contribution < -0.4 is 15.5 Å². The zero-order valence-corrected chi connectivity index (χ0v) is 16.1. The first kappa shape index (κ1) is 20.0. The number of amides is 2. The molecule has 148 valence electrons. The van der Waals surface area contributed by atoms with Gasteiger partial charge in [0.2, 0.25) is 11.0 Å². The Morgan fingerprint density at radius 1 is 1.21 bits per heavy atom. The maximum absolute atomic E-state index is 12.2. The molecule has 9 nitrogen and oxygen atoms in total. The summed E-state index contributed by atoms with van der Waals surface area (Å²) in [5.74, 6) is 0.0388. The molecule has 29 heavy (non-hydrogen) atoms. The third-order valence-corrected chi connectivity index (χ3v) is 4.46. The molecule has 0 unspecified atom stereocenters. The monoisotopic (exact) mass is 411 g/mol. The molecule has 1 aromatic heterocycles. The number of hydrogen-bond donors (Lipinski definition) is 3. The van der Waals surface area contributed by atoms with Gasteiger partial charge in [-0.2, -0.15) is 5.10 Å². The van der Waals surface area contributed by atoms with E-state index in [0.717, 1.165) is 11.3 Å². The standard InChI is InChI=1S/C19H17N5O4S/c1-28-15-7-5-13(6-8-15)18(27)21-19-24-23-17(29-19)10-16(26)22-20-11-12-3-2-4-14(25)9-12/h2-9,11,25H,10H2,1H3,(H,22,26)(H,21,24,27)/b20-11-. The summed E-state index contributed by atoms with van der Waals surface area (Å²) < 4.78 is 5.05. The molecule has 0 spiro atoms. The smallest absolute Gasteiger partial charge is 0.257 e. The van der Waals surface area contributed by atoms with E-state index >= 15 is 0 Å². The van der Waals surface area contributed by atoms with Crippen LogP contribution in [-0.4, -0.2) is 40.4 Å². The van der Waals surface area contributed by atoms with Crippen molar-refractivity contribution < 1.29 is 19.4 Å². The third-order valence-electron chi connectivity index (χ3n) is 3.62.